The number of aryl methyl sites for hydroxylation is 2. The van der Waals surface area contributed by atoms with Crippen LogP contribution in [0, 0.1) is 13.8 Å². The van der Waals surface area contributed by atoms with E-state index in [2.05, 4.69) is 17.2 Å². The molecule has 2 amide bonds. The molecule has 2 aromatic carbocycles. The van der Waals surface area contributed by atoms with Gasteiger partial charge in [-0.3, -0.25) is 14.5 Å². The van der Waals surface area contributed by atoms with Crippen LogP contribution in [0.3, 0.4) is 0 Å². The van der Waals surface area contributed by atoms with Crippen LogP contribution in [0.25, 0.3) is 0 Å². The van der Waals surface area contributed by atoms with Crippen LogP contribution in [-0.4, -0.2) is 33.7 Å². The van der Waals surface area contributed by atoms with Crippen molar-refractivity contribution in [3.63, 3.8) is 0 Å². The van der Waals surface area contributed by atoms with Gasteiger partial charge in [0.25, 0.3) is 0 Å². The van der Waals surface area contributed by atoms with E-state index in [4.69, 9.17) is 0 Å². The van der Waals surface area contributed by atoms with Crippen LogP contribution in [0.15, 0.2) is 53.5 Å². The third kappa shape index (κ3) is 5.26. The minimum absolute atomic E-state index is 0.0326. The third-order valence-electron chi connectivity index (χ3n) is 4.85. The molecule has 1 aliphatic heterocycles. The number of thioether (sulfide) groups is 1. The maximum atomic E-state index is 13.0. The number of aliphatic imine (C=N–C) groups is 1. The highest BCUT2D eigenvalue weighted by Gasteiger charge is 2.38. The van der Waals surface area contributed by atoms with Crippen molar-refractivity contribution in [2.45, 2.75) is 45.3 Å². The number of hydrogen-bond donors (Lipinski definition) is 1. The van der Waals surface area contributed by atoms with Crippen molar-refractivity contribution in [1.82, 2.24) is 4.90 Å². The molecular weight excluding hydrogens is 382 g/mol. The molecule has 0 radical (unpaired) electrons. The first-order valence-corrected chi connectivity index (χ1v) is 10.9. The second kappa shape index (κ2) is 9.74. The summed E-state index contributed by atoms with van der Waals surface area (Å²) in [6.07, 6.45) is 2.03. The summed E-state index contributed by atoms with van der Waals surface area (Å²) in [6.45, 7) is 6.66. The maximum absolute atomic E-state index is 13.0. The molecule has 1 saturated heterocycles. The van der Waals surface area contributed by atoms with Gasteiger partial charge in [0, 0.05) is 18.7 Å². The van der Waals surface area contributed by atoms with Crippen molar-refractivity contribution in [2.24, 2.45) is 4.99 Å². The lowest BCUT2D eigenvalue weighted by atomic mass is 10.1. The molecule has 1 atom stereocenters. The minimum atomic E-state index is -0.446. The zero-order valence-corrected chi connectivity index (χ0v) is 18.0. The normalized spacial score (nSPS) is 17.8. The fourth-order valence-electron chi connectivity index (χ4n) is 3.23. The van der Waals surface area contributed by atoms with E-state index >= 15 is 0 Å². The number of nitrogens with zero attached hydrogens (tertiary/aromatic N) is 2. The van der Waals surface area contributed by atoms with Crippen LogP contribution in [0.1, 0.15) is 37.3 Å². The summed E-state index contributed by atoms with van der Waals surface area (Å²) in [5.74, 6) is -0.181. The van der Waals surface area contributed by atoms with E-state index in [1.807, 2.05) is 62.4 Å². The lowest BCUT2D eigenvalue weighted by molar-refractivity contribution is -0.128. The number of unbranched alkanes of at least 4 members (excludes halogenated alkanes) is 1. The molecule has 1 fully saturated rings. The molecule has 2 aromatic rings. The molecule has 1 unspecified atom stereocenters. The van der Waals surface area contributed by atoms with Crippen molar-refractivity contribution in [1.29, 1.82) is 0 Å². The van der Waals surface area contributed by atoms with Gasteiger partial charge in [-0.2, -0.15) is 0 Å². The lowest BCUT2D eigenvalue weighted by Crippen LogP contribution is -2.34. The molecule has 0 saturated carbocycles. The van der Waals surface area contributed by atoms with Gasteiger partial charge in [-0.05, 0) is 43.5 Å². The first-order chi connectivity index (χ1) is 14.0. The lowest BCUT2D eigenvalue weighted by Gasteiger charge is -2.16. The van der Waals surface area contributed by atoms with Gasteiger partial charge in [-0.1, -0.05) is 61.5 Å². The Labute approximate surface area is 176 Å². The fourth-order valence-corrected chi connectivity index (χ4v) is 4.41. The molecule has 6 heteroatoms. The summed E-state index contributed by atoms with van der Waals surface area (Å²) in [7, 11) is 0. The zero-order valence-electron chi connectivity index (χ0n) is 17.1. The molecule has 1 N–H and O–H groups in total. The quantitative estimate of drug-likeness (QED) is 0.695. The number of hydrogen-bond acceptors (Lipinski definition) is 4. The van der Waals surface area contributed by atoms with Crippen molar-refractivity contribution in [2.75, 3.05) is 11.9 Å². The van der Waals surface area contributed by atoms with Gasteiger partial charge in [0.2, 0.25) is 11.8 Å². The van der Waals surface area contributed by atoms with Crippen LogP contribution < -0.4 is 5.32 Å². The number of carbonyl (C=O) groups is 2. The Morgan fingerprint density at radius 3 is 2.45 bits per heavy atom. The number of carbonyl (C=O) groups excluding carboxylic acids is 2. The SMILES string of the molecule is CCCCN1C(=O)C(CC(=O)Nc2c(C)cccc2C)SC1=Nc1ccccc1. The van der Waals surface area contributed by atoms with Crippen molar-refractivity contribution in [3.05, 3.63) is 59.7 Å². The monoisotopic (exact) mass is 409 g/mol. The van der Waals surface area contributed by atoms with E-state index in [0.717, 1.165) is 35.3 Å². The molecule has 0 aliphatic carbocycles. The Hall–Kier alpha value is -2.60. The smallest absolute Gasteiger partial charge is 0.242 e. The van der Waals surface area contributed by atoms with E-state index in [1.165, 1.54) is 11.8 Å². The van der Waals surface area contributed by atoms with Crippen molar-refractivity contribution in [3.8, 4) is 0 Å². The molecule has 1 heterocycles. The average molecular weight is 410 g/mol. The number of rotatable bonds is 7. The molecule has 0 spiro atoms. The van der Waals surface area contributed by atoms with Gasteiger partial charge in [-0.25, -0.2) is 4.99 Å². The molecule has 1 aliphatic rings. The number of anilines is 1. The van der Waals surface area contributed by atoms with Gasteiger partial charge in [0.05, 0.1) is 5.69 Å². The number of nitrogens with one attached hydrogen (secondary N) is 1. The van der Waals surface area contributed by atoms with E-state index in [9.17, 15) is 9.59 Å². The van der Waals surface area contributed by atoms with Gasteiger partial charge in [0.15, 0.2) is 5.17 Å². The van der Waals surface area contributed by atoms with E-state index in [1.54, 1.807) is 4.90 Å². The molecule has 29 heavy (non-hydrogen) atoms. The Kier molecular flexibility index (Phi) is 7.09. The summed E-state index contributed by atoms with van der Waals surface area (Å²) in [6, 6.07) is 15.5. The summed E-state index contributed by atoms with van der Waals surface area (Å²) in [5.41, 5.74) is 3.67. The molecule has 5 nitrogen and oxygen atoms in total. The summed E-state index contributed by atoms with van der Waals surface area (Å²) in [4.78, 5) is 32.0. The first kappa shape index (κ1) is 21.1. The van der Waals surface area contributed by atoms with Gasteiger partial charge >= 0.3 is 0 Å². The minimum Gasteiger partial charge on any atom is -0.326 e. The first-order valence-electron chi connectivity index (χ1n) is 9.97. The molecule has 3 rings (SSSR count). The Balaban J connectivity index is 1.74. The highest BCUT2D eigenvalue weighted by atomic mass is 32.2. The van der Waals surface area contributed by atoms with Crippen molar-refractivity contribution >= 4 is 40.1 Å². The van der Waals surface area contributed by atoms with Gasteiger partial charge in [0.1, 0.15) is 5.25 Å². The predicted molar refractivity (Wildman–Crippen MR) is 121 cm³/mol. The second-order valence-corrected chi connectivity index (χ2v) is 8.37. The predicted octanol–water partition coefficient (Wildman–Crippen LogP) is 5.06. The molecule has 152 valence electrons. The molecule has 0 aromatic heterocycles. The van der Waals surface area contributed by atoms with E-state index in [-0.39, 0.29) is 18.2 Å². The Morgan fingerprint density at radius 1 is 1.10 bits per heavy atom. The van der Waals surface area contributed by atoms with E-state index < -0.39 is 5.25 Å². The molecular formula is C23H27N3O2S. The van der Waals surface area contributed by atoms with Gasteiger partial charge < -0.3 is 5.32 Å². The largest absolute Gasteiger partial charge is 0.326 e. The summed E-state index contributed by atoms with van der Waals surface area (Å²) >= 11 is 1.38. The van der Waals surface area contributed by atoms with Crippen LogP contribution >= 0.6 is 11.8 Å². The van der Waals surface area contributed by atoms with Crippen LogP contribution in [0.2, 0.25) is 0 Å². The van der Waals surface area contributed by atoms with Crippen LogP contribution in [-0.2, 0) is 9.59 Å². The summed E-state index contributed by atoms with van der Waals surface area (Å²) in [5, 5.41) is 3.22. The van der Waals surface area contributed by atoms with E-state index in [0.29, 0.717) is 11.7 Å². The molecule has 0 bridgehead atoms. The van der Waals surface area contributed by atoms with Crippen LogP contribution in [0.5, 0.6) is 0 Å². The number of amidine groups is 1. The third-order valence-corrected chi connectivity index (χ3v) is 6.03. The zero-order chi connectivity index (χ0) is 20.8. The number of amides is 2. The number of benzene rings is 2. The topological polar surface area (TPSA) is 61.8 Å². The highest BCUT2D eigenvalue weighted by Crippen LogP contribution is 2.32. The maximum Gasteiger partial charge on any atom is 0.242 e. The highest BCUT2D eigenvalue weighted by molar-refractivity contribution is 8.15. The summed E-state index contributed by atoms with van der Waals surface area (Å²) < 4.78 is 0. The standard InChI is InChI=1S/C23H27N3O2S/c1-4-5-14-26-22(28)19(29-23(26)24-18-12-7-6-8-13-18)15-20(27)25-21-16(2)10-9-11-17(21)3/h6-13,19H,4-5,14-15H2,1-3H3,(H,25,27). The number of para-hydroxylation sites is 2. The Morgan fingerprint density at radius 2 is 1.79 bits per heavy atom. The second-order valence-electron chi connectivity index (χ2n) is 7.20. The van der Waals surface area contributed by atoms with Crippen LogP contribution in [0.4, 0.5) is 11.4 Å². The Bertz CT molecular complexity index is 891. The average Bonchev–Trinajstić information content (AvgIpc) is 2.98. The fraction of sp³-hybridized carbons (Fsp3) is 0.348. The van der Waals surface area contributed by atoms with Crippen molar-refractivity contribution < 1.29 is 9.59 Å². The van der Waals surface area contributed by atoms with Gasteiger partial charge in [-0.15, -0.1) is 0 Å².